The van der Waals surface area contributed by atoms with Crippen molar-refractivity contribution < 1.29 is 52.7 Å². The van der Waals surface area contributed by atoms with Gasteiger partial charge in [0.15, 0.2) is 23.0 Å². The van der Waals surface area contributed by atoms with Gasteiger partial charge >= 0.3 is 0 Å². The number of carbonyl (C=O) groups excluding carboxylic acids is 4. The molecule has 0 fully saturated rings. The van der Waals surface area contributed by atoms with Crippen LogP contribution < -0.4 is 49.7 Å². The maximum atomic E-state index is 14.2. The van der Waals surface area contributed by atoms with Crippen LogP contribution in [0.25, 0.3) is 0 Å². The zero-order valence-corrected chi connectivity index (χ0v) is 39.2. The summed E-state index contributed by atoms with van der Waals surface area (Å²) in [7, 11) is 8.95. The van der Waals surface area contributed by atoms with Crippen molar-refractivity contribution >= 4 is 23.6 Å². The van der Waals surface area contributed by atoms with Gasteiger partial charge in [0.1, 0.15) is 12.1 Å². The molecule has 0 spiro atoms. The molecule has 4 rings (SSSR count). The van der Waals surface area contributed by atoms with E-state index in [2.05, 4.69) is 21.3 Å². The van der Waals surface area contributed by atoms with Crippen LogP contribution in [0.4, 0.5) is 0 Å². The van der Waals surface area contributed by atoms with Crippen LogP contribution in [0.3, 0.4) is 0 Å². The fourth-order valence-electron chi connectivity index (χ4n) is 7.63. The van der Waals surface area contributed by atoms with Gasteiger partial charge in [-0.3, -0.25) is 19.2 Å². The minimum Gasteiger partial charge on any atom is -0.493 e. The Morgan fingerprint density at radius 1 is 0.492 bits per heavy atom. The predicted octanol–water partition coefficient (Wildman–Crippen LogP) is 5.01. The van der Waals surface area contributed by atoms with Crippen molar-refractivity contribution in [1.29, 1.82) is 0 Å². The summed E-state index contributed by atoms with van der Waals surface area (Å²) in [6.07, 6.45) is -0.651. The lowest BCUT2D eigenvalue weighted by atomic mass is 9.92. The van der Waals surface area contributed by atoms with Crippen LogP contribution in [-0.4, -0.2) is 102 Å². The van der Waals surface area contributed by atoms with Crippen molar-refractivity contribution in [1.82, 2.24) is 21.3 Å². The van der Waals surface area contributed by atoms with Gasteiger partial charge < -0.3 is 54.8 Å². The lowest BCUT2D eigenvalue weighted by Crippen LogP contribution is -2.57. The molecule has 352 valence electrons. The maximum Gasteiger partial charge on any atom is 0.243 e. The quantitative estimate of drug-likeness (QED) is 0.0601. The summed E-state index contributed by atoms with van der Waals surface area (Å²) in [5, 5.41) is 24.1. The molecular weight excluding hydrogens is 833 g/mol. The third kappa shape index (κ3) is 14.8. The van der Waals surface area contributed by atoms with Crippen molar-refractivity contribution in [2.24, 2.45) is 11.8 Å². The maximum absolute atomic E-state index is 14.2. The summed E-state index contributed by atoms with van der Waals surface area (Å²) in [6, 6.07) is 22.4. The number of rotatable bonds is 25. The van der Waals surface area contributed by atoms with E-state index in [4.69, 9.17) is 28.4 Å². The number of amides is 4. The van der Waals surface area contributed by atoms with Gasteiger partial charge in [0.2, 0.25) is 35.1 Å². The van der Waals surface area contributed by atoms with E-state index in [1.165, 1.54) is 42.7 Å². The van der Waals surface area contributed by atoms with E-state index in [1.54, 1.807) is 24.3 Å². The summed E-state index contributed by atoms with van der Waals surface area (Å²) in [5.41, 5.74) is 2.95. The van der Waals surface area contributed by atoms with Crippen LogP contribution >= 0.6 is 0 Å². The first-order chi connectivity index (χ1) is 31.1. The Morgan fingerprint density at radius 3 is 1.22 bits per heavy atom. The lowest BCUT2D eigenvalue weighted by Gasteiger charge is -2.32. The molecule has 0 saturated carbocycles. The van der Waals surface area contributed by atoms with Crippen molar-refractivity contribution in [2.45, 2.75) is 90.1 Å². The Hall–Kier alpha value is -6.48. The molecule has 0 aliphatic carbocycles. The Labute approximate surface area is 382 Å². The molecule has 4 amide bonds. The van der Waals surface area contributed by atoms with E-state index in [-0.39, 0.29) is 37.5 Å². The first kappa shape index (κ1) is 51.2. The normalized spacial score (nSPS) is 13.4. The first-order valence-corrected chi connectivity index (χ1v) is 21.7. The smallest absolute Gasteiger partial charge is 0.243 e. The number of aliphatic hydroxyl groups excluding tert-OH is 1. The van der Waals surface area contributed by atoms with E-state index < -0.39 is 53.9 Å². The average Bonchev–Trinajstić information content (AvgIpc) is 3.29. The second-order valence-electron chi connectivity index (χ2n) is 16.5. The molecule has 65 heavy (non-hydrogen) atoms. The molecule has 0 bridgehead atoms. The Bertz CT molecular complexity index is 2120. The van der Waals surface area contributed by atoms with Gasteiger partial charge in [0.05, 0.1) is 67.6 Å². The SMILES string of the molecule is COc1cc(CC(=O)N[C@H](C(=O)N[C@@H](Cc2ccccc2)C[C@H](O)[C@H](Cc2ccccc2)NC(=O)[C@@H](NC(=O)Cc2cc(OC)c(OC)c(OC)c2)C(C)C)C(C)C)cc(OC)c1OC. The highest BCUT2D eigenvalue weighted by atomic mass is 16.5. The Morgan fingerprint density at radius 2 is 0.862 bits per heavy atom. The van der Waals surface area contributed by atoms with Crippen molar-refractivity contribution in [2.75, 3.05) is 42.7 Å². The molecule has 0 heterocycles. The number of aliphatic hydroxyl groups is 1. The molecule has 0 saturated heterocycles. The zero-order valence-electron chi connectivity index (χ0n) is 39.2. The van der Waals surface area contributed by atoms with Crippen LogP contribution in [0.1, 0.15) is 56.4 Å². The van der Waals surface area contributed by atoms with Gasteiger partial charge in [0.25, 0.3) is 0 Å². The monoisotopic (exact) mass is 898 g/mol. The molecule has 5 N–H and O–H groups in total. The van der Waals surface area contributed by atoms with E-state index in [0.29, 0.717) is 52.0 Å². The summed E-state index contributed by atoms with van der Waals surface area (Å²) in [4.78, 5) is 55.4. The molecule has 0 aliphatic rings. The second kappa shape index (κ2) is 25.1. The number of ether oxygens (including phenoxy) is 6. The molecule has 5 atom stereocenters. The number of carbonyl (C=O) groups is 4. The topological polar surface area (TPSA) is 192 Å². The summed E-state index contributed by atoms with van der Waals surface area (Å²) in [6.45, 7) is 7.33. The molecule has 0 radical (unpaired) electrons. The van der Waals surface area contributed by atoms with Crippen LogP contribution in [0.15, 0.2) is 84.9 Å². The minimum absolute atomic E-state index is 0.0441. The van der Waals surface area contributed by atoms with Gasteiger partial charge in [0, 0.05) is 6.04 Å². The molecule has 15 heteroatoms. The van der Waals surface area contributed by atoms with Gasteiger partial charge in [-0.25, -0.2) is 0 Å². The van der Waals surface area contributed by atoms with E-state index in [9.17, 15) is 24.3 Å². The number of nitrogens with one attached hydrogen (secondary N) is 4. The highest BCUT2D eigenvalue weighted by Gasteiger charge is 2.33. The largest absolute Gasteiger partial charge is 0.493 e. The third-order valence-electron chi connectivity index (χ3n) is 11.0. The first-order valence-electron chi connectivity index (χ1n) is 21.7. The molecule has 15 nitrogen and oxygen atoms in total. The summed E-state index contributed by atoms with van der Waals surface area (Å²) in [5.74, 6) is 0.0354. The molecule has 4 aromatic rings. The predicted molar refractivity (Wildman–Crippen MR) is 248 cm³/mol. The number of hydrogen-bond acceptors (Lipinski definition) is 11. The molecular formula is C50H66N4O11. The highest BCUT2D eigenvalue weighted by molar-refractivity contribution is 5.90. The summed E-state index contributed by atoms with van der Waals surface area (Å²) < 4.78 is 32.7. The Balaban J connectivity index is 1.55. The molecule has 4 aromatic carbocycles. The molecule has 0 aliphatic heterocycles. The van der Waals surface area contributed by atoms with Crippen molar-refractivity contribution in [3.63, 3.8) is 0 Å². The number of hydrogen-bond donors (Lipinski definition) is 5. The van der Waals surface area contributed by atoms with Crippen molar-refractivity contribution in [3.8, 4) is 34.5 Å². The molecule has 0 unspecified atom stereocenters. The van der Waals surface area contributed by atoms with Crippen LogP contribution in [-0.2, 0) is 44.9 Å². The standard InChI is InChI=1S/C50H66N4O11/c1-30(2)45(53-43(56)27-34-23-39(60-5)47(64-9)40(24-34)61-6)49(58)51-36(21-32-17-13-11-14-18-32)29-38(55)37(22-33-19-15-12-16-20-33)52-50(59)46(31(3)4)54-44(57)28-35-25-41(62-7)48(65-10)42(26-35)63-8/h11-20,23-26,30-31,36-38,45-46,55H,21-22,27-29H2,1-10H3,(H,51,58)(H,52,59)(H,53,56)(H,54,57)/t36-,37-,38-,45-,46-/m0/s1. The van der Waals surface area contributed by atoms with Gasteiger partial charge in [-0.1, -0.05) is 88.4 Å². The van der Waals surface area contributed by atoms with E-state index >= 15 is 0 Å². The number of benzene rings is 4. The lowest BCUT2D eigenvalue weighted by molar-refractivity contribution is -0.131. The van der Waals surface area contributed by atoms with Crippen molar-refractivity contribution in [3.05, 3.63) is 107 Å². The van der Waals surface area contributed by atoms with E-state index in [0.717, 1.165) is 11.1 Å². The highest BCUT2D eigenvalue weighted by Crippen LogP contribution is 2.39. The minimum atomic E-state index is -1.16. The molecule has 0 aromatic heterocycles. The fourth-order valence-corrected chi connectivity index (χ4v) is 7.63. The average molecular weight is 899 g/mol. The van der Waals surface area contributed by atoms with Crippen LogP contribution in [0, 0.1) is 11.8 Å². The van der Waals surface area contributed by atoms with Gasteiger partial charge in [-0.15, -0.1) is 0 Å². The van der Waals surface area contributed by atoms with E-state index in [1.807, 2.05) is 88.4 Å². The van der Waals surface area contributed by atoms with Crippen LogP contribution in [0.5, 0.6) is 34.5 Å². The fraction of sp³-hybridized carbons (Fsp3) is 0.440. The van der Waals surface area contributed by atoms with Gasteiger partial charge in [-0.2, -0.15) is 0 Å². The van der Waals surface area contributed by atoms with Gasteiger partial charge in [-0.05, 0) is 77.6 Å². The Kier molecular flexibility index (Phi) is 19.8. The number of methoxy groups -OCH3 is 6. The second-order valence-corrected chi connectivity index (χ2v) is 16.5. The zero-order chi connectivity index (χ0) is 47.6. The summed E-state index contributed by atoms with van der Waals surface area (Å²) >= 11 is 0. The third-order valence-corrected chi connectivity index (χ3v) is 11.0. The van der Waals surface area contributed by atoms with Crippen LogP contribution in [0.2, 0.25) is 0 Å².